The largest absolute Gasteiger partial charge is 0.251 e. The van der Waals surface area contributed by atoms with E-state index in [1.54, 1.807) is 0 Å². The van der Waals surface area contributed by atoms with Gasteiger partial charge < -0.3 is 0 Å². The van der Waals surface area contributed by atoms with E-state index in [-0.39, 0.29) is 0 Å². The molecular formula is C6H13NS. The van der Waals surface area contributed by atoms with Crippen LogP contribution in [0.2, 0.25) is 0 Å². The van der Waals surface area contributed by atoms with Crippen molar-refractivity contribution >= 4 is 11.9 Å². The number of hydrogen-bond donors (Lipinski definition) is 0. The molecule has 1 heterocycles. The summed E-state index contributed by atoms with van der Waals surface area (Å²) in [5.74, 6) is 0. The van der Waals surface area contributed by atoms with Crippen molar-refractivity contribution < 1.29 is 0 Å². The second-order valence-corrected chi connectivity index (χ2v) is 3.05. The minimum atomic E-state index is 1.31. The Morgan fingerprint density at radius 1 is 1.12 bits per heavy atom. The van der Waals surface area contributed by atoms with Crippen molar-refractivity contribution in [1.82, 2.24) is 4.31 Å². The lowest BCUT2D eigenvalue weighted by Gasteiger charge is -2.22. The number of rotatable bonds is 1. The first-order valence-corrected chi connectivity index (χ1v) is 4.40. The van der Waals surface area contributed by atoms with Gasteiger partial charge in [-0.3, -0.25) is 4.31 Å². The van der Waals surface area contributed by atoms with Gasteiger partial charge in [-0.05, 0) is 19.1 Å². The molecule has 0 amide bonds. The molecule has 1 aliphatic rings. The van der Waals surface area contributed by atoms with Crippen LogP contribution in [0.5, 0.6) is 0 Å². The van der Waals surface area contributed by atoms with Crippen LogP contribution in [0.15, 0.2) is 0 Å². The van der Waals surface area contributed by atoms with Gasteiger partial charge >= 0.3 is 0 Å². The van der Waals surface area contributed by atoms with E-state index in [4.69, 9.17) is 0 Å². The average molecular weight is 131 g/mol. The van der Waals surface area contributed by atoms with E-state index in [1.165, 1.54) is 32.4 Å². The molecule has 0 aromatic rings. The van der Waals surface area contributed by atoms with E-state index in [2.05, 4.69) is 10.6 Å². The first-order valence-electron chi connectivity index (χ1n) is 3.22. The first kappa shape index (κ1) is 6.43. The lowest BCUT2D eigenvalue weighted by molar-refractivity contribution is 0.381. The molecule has 1 fully saturated rings. The Morgan fingerprint density at radius 3 is 2.12 bits per heavy atom. The van der Waals surface area contributed by atoms with Crippen molar-refractivity contribution in [2.75, 3.05) is 19.3 Å². The number of hydrogen-bond acceptors (Lipinski definition) is 2. The highest BCUT2D eigenvalue weighted by Crippen LogP contribution is 2.14. The van der Waals surface area contributed by atoms with Crippen LogP contribution in [0.1, 0.15) is 19.3 Å². The van der Waals surface area contributed by atoms with Crippen LogP contribution in [-0.2, 0) is 0 Å². The molecule has 0 bridgehead atoms. The Bertz CT molecular complexity index is 59.5. The minimum absolute atomic E-state index is 1.31. The van der Waals surface area contributed by atoms with Gasteiger partial charge in [-0.1, -0.05) is 18.4 Å². The Labute approximate surface area is 55.6 Å². The van der Waals surface area contributed by atoms with E-state index < -0.39 is 0 Å². The van der Waals surface area contributed by atoms with E-state index in [0.29, 0.717) is 0 Å². The third kappa shape index (κ3) is 1.67. The number of piperidine rings is 1. The molecule has 0 N–H and O–H groups in total. The van der Waals surface area contributed by atoms with E-state index in [0.717, 1.165) is 0 Å². The molecule has 0 saturated carbocycles. The normalized spacial score (nSPS) is 23.6. The summed E-state index contributed by atoms with van der Waals surface area (Å²) in [6.45, 7) is 2.61. The SMILES string of the molecule is CSN1CCCCC1. The summed E-state index contributed by atoms with van der Waals surface area (Å²) < 4.78 is 2.43. The van der Waals surface area contributed by atoms with Crippen LogP contribution in [-0.4, -0.2) is 23.7 Å². The monoisotopic (exact) mass is 131 g/mol. The quantitative estimate of drug-likeness (QED) is 0.499. The molecule has 0 radical (unpaired) electrons. The highest BCUT2D eigenvalue weighted by molar-refractivity contribution is 7.96. The van der Waals surface area contributed by atoms with Gasteiger partial charge in [0.15, 0.2) is 0 Å². The topological polar surface area (TPSA) is 3.24 Å². The van der Waals surface area contributed by atoms with Crippen molar-refractivity contribution in [3.8, 4) is 0 Å². The minimum Gasteiger partial charge on any atom is -0.251 e. The van der Waals surface area contributed by atoms with Crippen LogP contribution in [0, 0.1) is 0 Å². The summed E-state index contributed by atoms with van der Waals surface area (Å²) in [5.41, 5.74) is 0. The Kier molecular flexibility index (Phi) is 2.70. The zero-order valence-electron chi connectivity index (χ0n) is 5.39. The lowest BCUT2D eigenvalue weighted by Crippen LogP contribution is -2.22. The third-order valence-electron chi connectivity index (χ3n) is 1.57. The second kappa shape index (κ2) is 3.36. The molecule has 8 heavy (non-hydrogen) atoms. The predicted octanol–water partition coefficient (Wildman–Crippen LogP) is 1.75. The zero-order valence-corrected chi connectivity index (χ0v) is 6.21. The van der Waals surface area contributed by atoms with Crippen LogP contribution in [0.4, 0.5) is 0 Å². The van der Waals surface area contributed by atoms with Gasteiger partial charge in [0.25, 0.3) is 0 Å². The molecule has 2 heteroatoms. The molecule has 1 rings (SSSR count). The summed E-state index contributed by atoms with van der Waals surface area (Å²) in [7, 11) is 0. The fraction of sp³-hybridized carbons (Fsp3) is 1.00. The molecule has 1 aliphatic heterocycles. The van der Waals surface area contributed by atoms with Crippen molar-refractivity contribution in [1.29, 1.82) is 0 Å². The van der Waals surface area contributed by atoms with Crippen LogP contribution in [0.25, 0.3) is 0 Å². The van der Waals surface area contributed by atoms with Gasteiger partial charge in [-0.25, -0.2) is 0 Å². The van der Waals surface area contributed by atoms with Crippen molar-refractivity contribution in [3.63, 3.8) is 0 Å². The summed E-state index contributed by atoms with van der Waals surface area (Å²) in [6, 6.07) is 0. The van der Waals surface area contributed by atoms with Crippen molar-refractivity contribution in [2.24, 2.45) is 0 Å². The van der Waals surface area contributed by atoms with E-state index in [1.807, 2.05) is 11.9 Å². The third-order valence-corrected chi connectivity index (χ3v) is 2.45. The maximum Gasteiger partial charge on any atom is 0.00892 e. The van der Waals surface area contributed by atoms with Crippen LogP contribution in [0.3, 0.4) is 0 Å². The molecule has 48 valence electrons. The molecule has 0 unspecified atom stereocenters. The summed E-state index contributed by atoms with van der Waals surface area (Å²) >= 11 is 1.88. The Morgan fingerprint density at radius 2 is 1.75 bits per heavy atom. The fourth-order valence-electron chi connectivity index (χ4n) is 1.05. The highest BCUT2D eigenvalue weighted by Gasteiger charge is 2.06. The fourth-order valence-corrected chi connectivity index (χ4v) is 1.67. The molecule has 0 aromatic heterocycles. The van der Waals surface area contributed by atoms with E-state index in [9.17, 15) is 0 Å². The smallest absolute Gasteiger partial charge is 0.00892 e. The molecule has 0 aliphatic carbocycles. The van der Waals surface area contributed by atoms with Crippen LogP contribution < -0.4 is 0 Å². The zero-order chi connectivity index (χ0) is 5.82. The molecule has 1 nitrogen and oxygen atoms in total. The summed E-state index contributed by atoms with van der Waals surface area (Å²) in [5, 5.41) is 0. The van der Waals surface area contributed by atoms with Crippen LogP contribution >= 0.6 is 11.9 Å². The standard InChI is InChI=1S/C6H13NS/c1-8-7-5-3-2-4-6-7/h2-6H2,1H3. The van der Waals surface area contributed by atoms with Gasteiger partial charge in [-0.2, -0.15) is 0 Å². The molecule has 0 atom stereocenters. The summed E-state index contributed by atoms with van der Waals surface area (Å²) in [6.07, 6.45) is 6.41. The maximum absolute atomic E-state index is 2.43. The number of nitrogens with zero attached hydrogens (tertiary/aromatic N) is 1. The van der Waals surface area contributed by atoms with Gasteiger partial charge in [0.1, 0.15) is 0 Å². The second-order valence-electron chi connectivity index (χ2n) is 2.17. The highest BCUT2D eigenvalue weighted by atomic mass is 32.2. The molecular weight excluding hydrogens is 118 g/mol. The lowest BCUT2D eigenvalue weighted by atomic mass is 10.2. The average Bonchev–Trinajstić information content (AvgIpc) is 1.90. The first-order chi connectivity index (χ1) is 3.93. The molecule has 0 spiro atoms. The Hall–Kier alpha value is 0.310. The van der Waals surface area contributed by atoms with Gasteiger partial charge in [0.2, 0.25) is 0 Å². The van der Waals surface area contributed by atoms with Gasteiger partial charge in [0.05, 0.1) is 0 Å². The molecule has 0 aromatic carbocycles. The Balaban J connectivity index is 2.13. The van der Waals surface area contributed by atoms with Crippen molar-refractivity contribution in [3.05, 3.63) is 0 Å². The van der Waals surface area contributed by atoms with Crippen molar-refractivity contribution in [2.45, 2.75) is 19.3 Å². The predicted molar refractivity (Wildman–Crippen MR) is 38.9 cm³/mol. The van der Waals surface area contributed by atoms with Gasteiger partial charge in [0, 0.05) is 13.1 Å². The summed E-state index contributed by atoms with van der Waals surface area (Å²) in [4.78, 5) is 0. The van der Waals surface area contributed by atoms with E-state index >= 15 is 0 Å². The maximum atomic E-state index is 2.43. The van der Waals surface area contributed by atoms with Gasteiger partial charge in [-0.15, -0.1) is 0 Å². The molecule has 1 saturated heterocycles.